The second-order valence-electron chi connectivity index (χ2n) is 8.68. The average Bonchev–Trinajstić information content (AvgIpc) is 3.12. The molecule has 8 heteroatoms. The third kappa shape index (κ3) is 5.77. The van der Waals surface area contributed by atoms with Crippen LogP contribution in [-0.2, 0) is 14.3 Å². The predicted molar refractivity (Wildman–Crippen MR) is 132 cm³/mol. The van der Waals surface area contributed by atoms with Crippen molar-refractivity contribution in [2.75, 3.05) is 41.1 Å². The second-order valence-corrected chi connectivity index (χ2v) is 8.68. The van der Waals surface area contributed by atoms with Gasteiger partial charge in [-0.15, -0.1) is 0 Å². The first-order chi connectivity index (χ1) is 16.8. The number of amides is 1. The number of likely N-dealkylation sites (tertiary alicyclic amines) is 1. The van der Waals surface area contributed by atoms with Gasteiger partial charge in [-0.25, -0.2) is 0 Å². The number of rotatable bonds is 11. The summed E-state index contributed by atoms with van der Waals surface area (Å²) in [6.07, 6.45) is 0.537. The van der Waals surface area contributed by atoms with E-state index in [1.165, 1.54) is 19.1 Å². The molecule has 1 atom stereocenters. The predicted octanol–water partition coefficient (Wildman–Crippen LogP) is 4.20. The molecule has 3 rings (SSSR count). The van der Waals surface area contributed by atoms with Gasteiger partial charge in [0.1, 0.15) is 11.5 Å². The van der Waals surface area contributed by atoms with Gasteiger partial charge in [0.25, 0.3) is 11.7 Å². The van der Waals surface area contributed by atoms with Gasteiger partial charge in [-0.05, 0) is 54.3 Å². The van der Waals surface area contributed by atoms with Crippen LogP contribution in [0.5, 0.6) is 17.2 Å². The largest absolute Gasteiger partial charge is 0.507 e. The van der Waals surface area contributed by atoms with Crippen molar-refractivity contribution in [3.05, 3.63) is 59.2 Å². The van der Waals surface area contributed by atoms with E-state index in [-0.39, 0.29) is 17.9 Å². The van der Waals surface area contributed by atoms with Gasteiger partial charge < -0.3 is 29.0 Å². The van der Waals surface area contributed by atoms with E-state index in [0.717, 1.165) is 0 Å². The molecule has 2 aromatic carbocycles. The van der Waals surface area contributed by atoms with E-state index >= 15 is 0 Å². The molecular formula is C27H33NO7. The summed E-state index contributed by atoms with van der Waals surface area (Å²) in [5.74, 6) is 0.362. The normalized spacial score (nSPS) is 17.2. The Labute approximate surface area is 206 Å². The van der Waals surface area contributed by atoms with E-state index in [1.807, 2.05) is 0 Å². The highest BCUT2D eigenvalue weighted by molar-refractivity contribution is 6.46. The van der Waals surface area contributed by atoms with Gasteiger partial charge >= 0.3 is 0 Å². The van der Waals surface area contributed by atoms with Crippen LogP contribution in [-0.4, -0.2) is 62.8 Å². The van der Waals surface area contributed by atoms with E-state index < -0.39 is 17.7 Å². The van der Waals surface area contributed by atoms with Crippen LogP contribution in [0, 0.1) is 5.92 Å². The highest BCUT2D eigenvalue weighted by atomic mass is 16.5. The van der Waals surface area contributed by atoms with Crippen LogP contribution in [0.1, 0.15) is 37.4 Å². The minimum Gasteiger partial charge on any atom is -0.507 e. The topological polar surface area (TPSA) is 94.5 Å². The van der Waals surface area contributed by atoms with Gasteiger partial charge in [0.05, 0.1) is 32.4 Å². The first kappa shape index (κ1) is 26.1. The van der Waals surface area contributed by atoms with Crippen molar-refractivity contribution < 1.29 is 33.6 Å². The number of aliphatic hydroxyl groups excluding tert-OH is 1. The summed E-state index contributed by atoms with van der Waals surface area (Å²) in [6.45, 7) is 5.40. The maximum absolute atomic E-state index is 13.1. The van der Waals surface area contributed by atoms with Crippen molar-refractivity contribution in [2.45, 2.75) is 26.3 Å². The summed E-state index contributed by atoms with van der Waals surface area (Å²) in [7, 11) is 4.62. The Balaban J connectivity index is 2.06. The molecule has 1 amide bonds. The standard InChI is InChI=1S/C27H33NO7/c1-17(2)16-35-20-10-7-18(8-11-20)25(29)23-24(19-9-12-21(33-4)22(15-19)34-5)28(13-6-14-32-3)27(31)26(23)30/h7-12,15,17,24,29H,6,13-14,16H2,1-5H3/t24-/m1/s1. The summed E-state index contributed by atoms with van der Waals surface area (Å²) in [4.78, 5) is 27.6. The Bertz CT molecular complexity index is 1080. The molecule has 0 spiro atoms. The fraction of sp³-hybridized carbons (Fsp3) is 0.407. The number of ketones is 1. The molecule has 0 unspecified atom stereocenters. The molecule has 1 N–H and O–H groups in total. The first-order valence-corrected chi connectivity index (χ1v) is 11.5. The van der Waals surface area contributed by atoms with Crippen LogP contribution in [0.15, 0.2) is 48.0 Å². The highest BCUT2D eigenvalue weighted by Crippen LogP contribution is 2.42. The lowest BCUT2D eigenvalue weighted by Gasteiger charge is -2.26. The van der Waals surface area contributed by atoms with Crippen molar-refractivity contribution in [1.29, 1.82) is 0 Å². The maximum Gasteiger partial charge on any atom is 0.295 e. The lowest BCUT2D eigenvalue weighted by molar-refractivity contribution is -0.140. The molecule has 8 nitrogen and oxygen atoms in total. The van der Waals surface area contributed by atoms with Gasteiger partial charge in [-0.3, -0.25) is 9.59 Å². The lowest BCUT2D eigenvalue weighted by atomic mass is 9.95. The van der Waals surface area contributed by atoms with Crippen molar-refractivity contribution in [1.82, 2.24) is 4.90 Å². The number of carbonyl (C=O) groups excluding carboxylic acids is 2. The van der Waals surface area contributed by atoms with Crippen LogP contribution in [0.4, 0.5) is 0 Å². The Morgan fingerprint density at radius 1 is 1.00 bits per heavy atom. The van der Waals surface area contributed by atoms with Crippen LogP contribution in [0.25, 0.3) is 5.76 Å². The zero-order valence-corrected chi connectivity index (χ0v) is 20.9. The van der Waals surface area contributed by atoms with Gasteiger partial charge in [0.2, 0.25) is 0 Å². The molecule has 35 heavy (non-hydrogen) atoms. The van der Waals surface area contributed by atoms with Crippen LogP contribution < -0.4 is 14.2 Å². The molecule has 0 aromatic heterocycles. The molecule has 0 radical (unpaired) electrons. The van der Waals surface area contributed by atoms with E-state index in [4.69, 9.17) is 18.9 Å². The molecule has 1 fully saturated rings. The molecule has 2 aromatic rings. The molecule has 1 aliphatic heterocycles. The minimum atomic E-state index is -0.788. The van der Waals surface area contributed by atoms with Gasteiger partial charge in [-0.2, -0.15) is 0 Å². The van der Waals surface area contributed by atoms with E-state index in [1.54, 1.807) is 49.6 Å². The molecule has 188 valence electrons. The van der Waals surface area contributed by atoms with Gasteiger partial charge in [0, 0.05) is 25.8 Å². The summed E-state index contributed by atoms with van der Waals surface area (Å²) >= 11 is 0. The number of carbonyl (C=O) groups is 2. The van der Waals surface area contributed by atoms with Crippen LogP contribution >= 0.6 is 0 Å². The summed E-state index contributed by atoms with van der Waals surface area (Å²) in [6, 6.07) is 11.2. The quantitative estimate of drug-likeness (QED) is 0.222. The number of nitrogens with zero attached hydrogens (tertiary/aromatic N) is 1. The Hall–Kier alpha value is -3.52. The monoisotopic (exact) mass is 483 g/mol. The lowest BCUT2D eigenvalue weighted by Crippen LogP contribution is -2.31. The summed E-state index contributed by atoms with van der Waals surface area (Å²) in [5, 5.41) is 11.2. The molecule has 0 saturated carbocycles. The minimum absolute atomic E-state index is 0.0236. The molecule has 1 saturated heterocycles. The number of Topliss-reactive ketones (excluding diaryl/α,β-unsaturated/α-hetero) is 1. The van der Waals surface area contributed by atoms with Crippen LogP contribution in [0.3, 0.4) is 0 Å². The Kier molecular flexibility index (Phi) is 8.76. The average molecular weight is 484 g/mol. The fourth-order valence-electron chi connectivity index (χ4n) is 3.99. The van der Waals surface area contributed by atoms with E-state index in [9.17, 15) is 14.7 Å². The maximum atomic E-state index is 13.1. The van der Waals surface area contributed by atoms with Gasteiger partial charge in [-0.1, -0.05) is 19.9 Å². The fourth-order valence-corrected chi connectivity index (χ4v) is 3.99. The number of aliphatic hydroxyl groups is 1. The molecule has 1 heterocycles. The SMILES string of the molecule is COCCCN1C(=O)C(=O)C(=C(O)c2ccc(OCC(C)C)cc2)[C@H]1c1ccc(OC)c(OC)c1. The third-order valence-corrected chi connectivity index (χ3v) is 5.72. The van der Waals surface area contributed by atoms with Crippen molar-refractivity contribution >= 4 is 17.4 Å². The Morgan fingerprint density at radius 2 is 1.69 bits per heavy atom. The molecule has 0 aliphatic carbocycles. The van der Waals surface area contributed by atoms with Gasteiger partial charge in [0.15, 0.2) is 11.5 Å². The van der Waals surface area contributed by atoms with Crippen molar-refractivity contribution in [3.63, 3.8) is 0 Å². The number of ether oxygens (including phenoxy) is 4. The first-order valence-electron chi connectivity index (χ1n) is 11.5. The zero-order valence-electron chi connectivity index (χ0n) is 20.9. The summed E-state index contributed by atoms with van der Waals surface area (Å²) in [5.41, 5.74) is 1.07. The number of benzene rings is 2. The van der Waals surface area contributed by atoms with Crippen molar-refractivity contribution in [2.24, 2.45) is 5.92 Å². The van der Waals surface area contributed by atoms with E-state index in [2.05, 4.69) is 13.8 Å². The summed E-state index contributed by atoms with van der Waals surface area (Å²) < 4.78 is 21.6. The Morgan fingerprint density at radius 3 is 2.29 bits per heavy atom. The van der Waals surface area contributed by atoms with Crippen LogP contribution in [0.2, 0.25) is 0 Å². The second kappa shape index (κ2) is 11.8. The van der Waals surface area contributed by atoms with E-state index in [0.29, 0.717) is 53.9 Å². The third-order valence-electron chi connectivity index (χ3n) is 5.72. The molecule has 1 aliphatic rings. The smallest absolute Gasteiger partial charge is 0.295 e. The number of methoxy groups -OCH3 is 3. The number of hydrogen-bond donors (Lipinski definition) is 1. The van der Waals surface area contributed by atoms with Crippen molar-refractivity contribution in [3.8, 4) is 17.2 Å². The molecule has 0 bridgehead atoms. The zero-order chi connectivity index (χ0) is 25.5. The number of hydrogen-bond acceptors (Lipinski definition) is 7. The molecular weight excluding hydrogens is 450 g/mol. The highest BCUT2D eigenvalue weighted by Gasteiger charge is 2.46.